The first-order valence-electron chi connectivity index (χ1n) is 13.6. The maximum atomic E-state index is 6.34. The zero-order valence-electron chi connectivity index (χ0n) is 21.4. The fraction of sp³-hybridized carbons (Fsp3) is 0.452. The van der Waals surface area contributed by atoms with Gasteiger partial charge in [0.2, 0.25) is 0 Å². The molecule has 36 heavy (non-hydrogen) atoms. The average Bonchev–Trinajstić information content (AvgIpc) is 3.11. The van der Waals surface area contributed by atoms with Crippen molar-refractivity contribution >= 4 is 29.2 Å². The highest BCUT2D eigenvalue weighted by Crippen LogP contribution is 2.50. The molecular weight excluding hydrogens is 464 g/mol. The van der Waals surface area contributed by atoms with E-state index in [4.69, 9.17) is 16.6 Å². The van der Waals surface area contributed by atoms with E-state index in [1.807, 2.05) is 6.07 Å². The number of hydrogen-bond donors (Lipinski definition) is 1. The van der Waals surface area contributed by atoms with Crippen molar-refractivity contribution in [3.05, 3.63) is 82.8 Å². The number of aryl methyl sites for hydroxylation is 1. The second kappa shape index (κ2) is 9.39. The van der Waals surface area contributed by atoms with E-state index in [2.05, 4.69) is 71.7 Å². The van der Waals surface area contributed by atoms with Gasteiger partial charge in [-0.15, -0.1) is 0 Å². The number of pyridine rings is 1. The number of benzene rings is 1. The van der Waals surface area contributed by atoms with Crippen LogP contribution >= 0.6 is 11.6 Å². The van der Waals surface area contributed by atoms with E-state index in [1.165, 1.54) is 41.6 Å². The van der Waals surface area contributed by atoms with Crippen LogP contribution in [0, 0.1) is 5.92 Å². The fourth-order valence-electron chi connectivity index (χ4n) is 6.74. The number of nitrogens with zero attached hydrogens (tertiary/aromatic N) is 3. The summed E-state index contributed by atoms with van der Waals surface area (Å²) in [4.78, 5) is 9.92. The molecule has 1 saturated heterocycles. The molecule has 1 spiro atoms. The minimum Gasteiger partial charge on any atom is -0.358 e. The molecule has 0 bridgehead atoms. The van der Waals surface area contributed by atoms with E-state index in [0.29, 0.717) is 6.04 Å². The van der Waals surface area contributed by atoms with E-state index < -0.39 is 0 Å². The van der Waals surface area contributed by atoms with Crippen molar-refractivity contribution in [3.8, 4) is 0 Å². The molecule has 4 nitrogen and oxygen atoms in total. The van der Waals surface area contributed by atoms with Gasteiger partial charge in [-0.1, -0.05) is 38.1 Å². The van der Waals surface area contributed by atoms with E-state index >= 15 is 0 Å². The Morgan fingerprint density at radius 2 is 1.94 bits per heavy atom. The van der Waals surface area contributed by atoms with Crippen LogP contribution in [0.3, 0.4) is 0 Å². The monoisotopic (exact) mass is 500 g/mol. The molecule has 1 aromatic heterocycles. The van der Waals surface area contributed by atoms with Gasteiger partial charge in [0.1, 0.15) is 5.82 Å². The lowest BCUT2D eigenvalue weighted by molar-refractivity contribution is 0.179. The Hall–Kier alpha value is -2.56. The van der Waals surface area contributed by atoms with Gasteiger partial charge < -0.3 is 15.1 Å². The number of piperidine rings is 1. The van der Waals surface area contributed by atoms with Crippen molar-refractivity contribution in [3.63, 3.8) is 0 Å². The average molecular weight is 501 g/mol. The molecule has 1 saturated carbocycles. The Morgan fingerprint density at radius 3 is 2.72 bits per heavy atom. The molecule has 0 unspecified atom stereocenters. The van der Waals surface area contributed by atoms with Crippen LogP contribution in [0.25, 0.3) is 6.08 Å². The van der Waals surface area contributed by atoms with Crippen LogP contribution in [0.5, 0.6) is 0 Å². The number of likely N-dealkylation sites (tertiary alicyclic amines) is 1. The maximum absolute atomic E-state index is 6.34. The highest BCUT2D eigenvalue weighted by Gasteiger charge is 2.44. The van der Waals surface area contributed by atoms with Gasteiger partial charge in [-0.25, -0.2) is 4.98 Å². The van der Waals surface area contributed by atoms with Crippen LogP contribution in [0.15, 0.2) is 61.1 Å². The predicted octanol–water partition coefficient (Wildman–Crippen LogP) is 7.18. The second-order valence-electron chi connectivity index (χ2n) is 11.2. The first-order chi connectivity index (χ1) is 17.5. The lowest BCUT2D eigenvalue weighted by atomic mass is 9.72. The van der Waals surface area contributed by atoms with Crippen LogP contribution in [0.2, 0.25) is 5.02 Å². The minimum absolute atomic E-state index is 0.0267. The Kier molecular flexibility index (Phi) is 6.21. The molecule has 2 fully saturated rings. The van der Waals surface area contributed by atoms with Crippen molar-refractivity contribution < 1.29 is 0 Å². The fourth-order valence-corrected chi connectivity index (χ4v) is 6.91. The van der Waals surface area contributed by atoms with Crippen molar-refractivity contribution in [2.24, 2.45) is 5.92 Å². The SMILES string of the molecule is C=C1C=Cc2cc(CCCN3CCC4(CC3)C(=C)Nc3ccc(Cl)cc34)cnc2N1C1CC(CC)C1. The summed E-state index contributed by atoms with van der Waals surface area (Å²) in [7, 11) is 0. The van der Waals surface area contributed by atoms with E-state index in [0.717, 1.165) is 73.5 Å². The summed E-state index contributed by atoms with van der Waals surface area (Å²) in [5, 5.41) is 4.33. The largest absolute Gasteiger partial charge is 0.358 e. The number of rotatable bonds is 6. The Labute approximate surface area is 220 Å². The van der Waals surface area contributed by atoms with E-state index in [9.17, 15) is 0 Å². The van der Waals surface area contributed by atoms with Crippen LogP contribution in [-0.2, 0) is 11.8 Å². The number of allylic oxidation sites excluding steroid dienone is 2. The number of fused-ring (bicyclic) bond motifs is 3. The lowest BCUT2D eigenvalue weighted by Gasteiger charge is -2.45. The summed E-state index contributed by atoms with van der Waals surface area (Å²) in [6, 6.07) is 9.09. The zero-order valence-corrected chi connectivity index (χ0v) is 22.2. The lowest BCUT2D eigenvalue weighted by Crippen LogP contribution is -2.45. The molecule has 3 aliphatic heterocycles. The predicted molar refractivity (Wildman–Crippen MR) is 152 cm³/mol. The third-order valence-electron chi connectivity index (χ3n) is 9.11. The number of hydrogen-bond acceptors (Lipinski definition) is 4. The summed E-state index contributed by atoms with van der Waals surface area (Å²) in [5.41, 5.74) is 7.32. The molecule has 0 atom stereocenters. The zero-order chi connectivity index (χ0) is 24.9. The van der Waals surface area contributed by atoms with Crippen molar-refractivity contribution in [1.29, 1.82) is 0 Å². The molecule has 0 amide bonds. The molecule has 1 aromatic carbocycles. The van der Waals surface area contributed by atoms with Crippen molar-refractivity contribution in [1.82, 2.24) is 9.88 Å². The smallest absolute Gasteiger partial charge is 0.140 e. The maximum Gasteiger partial charge on any atom is 0.140 e. The Bertz CT molecular complexity index is 1220. The standard InChI is InChI=1S/C31H37ClN4/c1-4-23-17-27(18-23)36-21(2)7-8-25-16-24(20-33-30(25)36)6-5-13-35-14-11-31(12-15-35)22(3)34-29-10-9-26(32)19-28(29)31/h7-10,16,19-20,23,27,34H,2-6,11-15,17-18H2,1H3. The summed E-state index contributed by atoms with van der Waals surface area (Å²) in [6.45, 7) is 14.3. The van der Waals surface area contributed by atoms with Crippen LogP contribution in [0.1, 0.15) is 62.1 Å². The highest BCUT2D eigenvalue weighted by atomic mass is 35.5. The Morgan fingerprint density at radius 1 is 1.14 bits per heavy atom. The van der Waals surface area contributed by atoms with Crippen molar-refractivity contribution in [2.45, 2.75) is 63.3 Å². The normalized spacial score (nSPS) is 24.4. The van der Waals surface area contributed by atoms with Gasteiger partial charge in [0.25, 0.3) is 0 Å². The summed E-state index contributed by atoms with van der Waals surface area (Å²) < 4.78 is 0. The van der Waals surface area contributed by atoms with Crippen LogP contribution in [-0.4, -0.2) is 35.6 Å². The van der Waals surface area contributed by atoms with Gasteiger partial charge >= 0.3 is 0 Å². The minimum atomic E-state index is 0.0267. The van der Waals surface area contributed by atoms with Crippen molar-refractivity contribution in [2.75, 3.05) is 29.9 Å². The van der Waals surface area contributed by atoms with Gasteiger partial charge in [-0.3, -0.25) is 0 Å². The summed E-state index contributed by atoms with van der Waals surface area (Å²) >= 11 is 6.34. The third-order valence-corrected chi connectivity index (χ3v) is 9.34. The molecule has 188 valence electrons. The molecule has 6 rings (SSSR count). The molecule has 4 aliphatic rings. The van der Waals surface area contributed by atoms with Gasteiger partial charge in [0.15, 0.2) is 0 Å². The first-order valence-corrected chi connectivity index (χ1v) is 14.0. The summed E-state index contributed by atoms with van der Waals surface area (Å²) in [5.74, 6) is 1.95. The quantitative estimate of drug-likeness (QED) is 0.455. The molecule has 1 N–H and O–H groups in total. The van der Waals surface area contributed by atoms with E-state index in [-0.39, 0.29) is 5.41 Å². The van der Waals surface area contributed by atoms with Crippen LogP contribution < -0.4 is 10.2 Å². The molecule has 0 radical (unpaired) electrons. The van der Waals surface area contributed by atoms with Gasteiger partial charge in [0, 0.05) is 45.3 Å². The number of anilines is 2. The number of aromatic nitrogens is 1. The topological polar surface area (TPSA) is 31.4 Å². The highest BCUT2D eigenvalue weighted by molar-refractivity contribution is 6.30. The molecule has 1 aliphatic carbocycles. The summed E-state index contributed by atoms with van der Waals surface area (Å²) in [6.07, 6.45) is 14.6. The number of halogens is 1. The Balaban J connectivity index is 1.05. The van der Waals surface area contributed by atoms with Gasteiger partial charge in [-0.2, -0.15) is 0 Å². The molecule has 4 heterocycles. The van der Waals surface area contributed by atoms with Crippen LogP contribution in [0.4, 0.5) is 11.5 Å². The second-order valence-corrected chi connectivity index (χ2v) is 11.6. The number of nitrogens with one attached hydrogen (secondary N) is 1. The van der Waals surface area contributed by atoms with Gasteiger partial charge in [0.05, 0.1) is 0 Å². The van der Waals surface area contributed by atoms with E-state index in [1.54, 1.807) is 0 Å². The molecular formula is C31H37ClN4. The third kappa shape index (κ3) is 4.09. The molecule has 2 aromatic rings. The van der Waals surface area contributed by atoms with Gasteiger partial charge in [-0.05, 0) is 112 Å². The first kappa shape index (κ1) is 23.8. The molecule has 5 heteroatoms.